The summed E-state index contributed by atoms with van der Waals surface area (Å²) in [6, 6.07) is 10.4. The highest BCUT2D eigenvalue weighted by Crippen LogP contribution is 2.16. The molecule has 1 saturated heterocycles. The molecule has 0 aliphatic carbocycles. The van der Waals surface area contributed by atoms with Gasteiger partial charge in [0.25, 0.3) is 0 Å². The molecule has 1 aromatic heterocycles. The van der Waals surface area contributed by atoms with Crippen LogP contribution in [0.15, 0.2) is 36.5 Å². The Morgan fingerprint density at radius 2 is 2.11 bits per heavy atom. The smallest absolute Gasteiger partial charge is 0.0717 e. The molecule has 3 heteroatoms. The van der Waals surface area contributed by atoms with Crippen molar-refractivity contribution in [2.45, 2.75) is 19.4 Å². The molecule has 0 saturated carbocycles. The van der Waals surface area contributed by atoms with E-state index in [1.54, 1.807) is 0 Å². The third kappa shape index (κ3) is 3.31. The van der Waals surface area contributed by atoms with E-state index in [1.807, 2.05) is 12.3 Å². The van der Waals surface area contributed by atoms with Crippen LogP contribution in [0.1, 0.15) is 18.4 Å². The van der Waals surface area contributed by atoms with E-state index in [0.717, 1.165) is 31.1 Å². The maximum Gasteiger partial charge on any atom is 0.0717 e. The molecule has 1 aliphatic heterocycles. The van der Waals surface area contributed by atoms with Gasteiger partial charge in [-0.1, -0.05) is 12.1 Å². The van der Waals surface area contributed by atoms with Crippen molar-refractivity contribution in [3.8, 4) is 0 Å². The van der Waals surface area contributed by atoms with Gasteiger partial charge in [0.05, 0.1) is 12.1 Å². The van der Waals surface area contributed by atoms with Crippen molar-refractivity contribution in [1.29, 1.82) is 0 Å². The number of ether oxygens (including phenoxy) is 1. The number of rotatable bonds is 4. The lowest BCUT2D eigenvalue weighted by Gasteiger charge is -2.22. The third-order valence-electron chi connectivity index (χ3n) is 3.75. The zero-order chi connectivity index (χ0) is 12.9. The summed E-state index contributed by atoms with van der Waals surface area (Å²) in [7, 11) is 0. The average molecular weight is 256 g/mol. The second-order valence-electron chi connectivity index (χ2n) is 5.24. The molecule has 0 spiro atoms. The van der Waals surface area contributed by atoms with Crippen molar-refractivity contribution in [2.75, 3.05) is 19.7 Å². The molecule has 0 atom stereocenters. The number of fused-ring (bicyclic) bond motifs is 1. The molecule has 1 N–H and O–H groups in total. The summed E-state index contributed by atoms with van der Waals surface area (Å²) in [6.45, 7) is 3.85. The Labute approximate surface area is 114 Å². The van der Waals surface area contributed by atoms with Crippen LogP contribution in [-0.4, -0.2) is 24.7 Å². The van der Waals surface area contributed by atoms with E-state index in [9.17, 15) is 0 Å². The SMILES string of the molecule is c1cnc2ccc(COCC3CCNCC3)cc2c1. The second kappa shape index (κ2) is 6.13. The fraction of sp³-hybridized carbons (Fsp3) is 0.438. The van der Waals surface area contributed by atoms with Crippen molar-refractivity contribution in [2.24, 2.45) is 5.92 Å². The molecular formula is C16H20N2O. The van der Waals surface area contributed by atoms with Gasteiger partial charge in [0.2, 0.25) is 0 Å². The predicted octanol–water partition coefficient (Wildman–Crippen LogP) is 2.75. The maximum atomic E-state index is 5.86. The molecule has 0 amide bonds. The Morgan fingerprint density at radius 3 is 3.00 bits per heavy atom. The van der Waals surface area contributed by atoms with Crippen molar-refractivity contribution in [3.05, 3.63) is 42.1 Å². The highest BCUT2D eigenvalue weighted by molar-refractivity contribution is 5.78. The lowest BCUT2D eigenvalue weighted by atomic mass is 9.99. The lowest BCUT2D eigenvalue weighted by molar-refractivity contribution is 0.0764. The van der Waals surface area contributed by atoms with E-state index in [4.69, 9.17) is 4.74 Å². The van der Waals surface area contributed by atoms with Crippen LogP contribution in [0.4, 0.5) is 0 Å². The van der Waals surface area contributed by atoms with Crippen LogP contribution >= 0.6 is 0 Å². The first-order chi connectivity index (χ1) is 9.42. The minimum atomic E-state index is 0.703. The molecule has 3 nitrogen and oxygen atoms in total. The Balaban J connectivity index is 1.56. The minimum Gasteiger partial charge on any atom is -0.376 e. The molecule has 3 rings (SSSR count). The molecule has 1 aliphatic rings. The van der Waals surface area contributed by atoms with Gasteiger partial charge in [0.15, 0.2) is 0 Å². The first kappa shape index (κ1) is 12.6. The largest absolute Gasteiger partial charge is 0.376 e. The van der Waals surface area contributed by atoms with Crippen LogP contribution < -0.4 is 5.32 Å². The number of aromatic nitrogens is 1. The van der Waals surface area contributed by atoms with E-state index in [-0.39, 0.29) is 0 Å². The Bertz CT molecular complexity index is 535. The molecule has 19 heavy (non-hydrogen) atoms. The van der Waals surface area contributed by atoms with E-state index < -0.39 is 0 Å². The monoisotopic (exact) mass is 256 g/mol. The molecule has 0 unspecified atom stereocenters. The van der Waals surface area contributed by atoms with Crippen LogP contribution in [0.25, 0.3) is 10.9 Å². The molecule has 1 fully saturated rings. The lowest BCUT2D eigenvalue weighted by Crippen LogP contribution is -2.29. The van der Waals surface area contributed by atoms with Gasteiger partial charge in [-0.25, -0.2) is 0 Å². The summed E-state index contributed by atoms with van der Waals surface area (Å²) in [4.78, 5) is 4.33. The van der Waals surface area contributed by atoms with Crippen LogP contribution in [0.5, 0.6) is 0 Å². The number of hydrogen-bond acceptors (Lipinski definition) is 3. The minimum absolute atomic E-state index is 0.703. The summed E-state index contributed by atoms with van der Waals surface area (Å²) < 4.78 is 5.86. The van der Waals surface area contributed by atoms with Crippen molar-refractivity contribution >= 4 is 10.9 Å². The van der Waals surface area contributed by atoms with Gasteiger partial charge in [0, 0.05) is 18.2 Å². The second-order valence-corrected chi connectivity index (χ2v) is 5.24. The zero-order valence-electron chi connectivity index (χ0n) is 11.1. The maximum absolute atomic E-state index is 5.86. The van der Waals surface area contributed by atoms with E-state index in [1.165, 1.54) is 23.8 Å². The number of hydrogen-bond donors (Lipinski definition) is 1. The fourth-order valence-corrected chi connectivity index (χ4v) is 2.61. The molecule has 1 aromatic carbocycles. The third-order valence-corrected chi connectivity index (χ3v) is 3.75. The molecule has 0 radical (unpaired) electrons. The summed E-state index contributed by atoms with van der Waals surface area (Å²) in [5.41, 5.74) is 2.28. The van der Waals surface area contributed by atoms with E-state index in [2.05, 4.69) is 34.6 Å². The van der Waals surface area contributed by atoms with Gasteiger partial charge in [0.1, 0.15) is 0 Å². The molecule has 2 heterocycles. The summed E-state index contributed by atoms with van der Waals surface area (Å²) >= 11 is 0. The number of benzene rings is 1. The normalized spacial score (nSPS) is 16.8. The molecule has 0 bridgehead atoms. The Morgan fingerprint density at radius 1 is 1.21 bits per heavy atom. The van der Waals surface area contributed by atoms with Crippen molar-refractivity contribution in [1.82, 2.24) is 10.3 Å². The van der Waals surface area contributed by atoms with Crippen LogP contribution in [0, 0.1) is 5.92 Å². The number of piperidine rings is 1. The van der Waals surface area contributed by atoms with Gasteiger partial charge in [-0.15, -0.1) is 0 Å². The zero-order valence-corrected chi connectivity index (χ0v) is 11.1. The van der Waals surface area contributed by atoms with E-state index in [0.29, 0.717) is 6.61 Å². The van der Waals surface area contributed by atoms with Gasteiger partial charge < -0.3 is 10.1 Å². The van der Waals surface area contributed by atoms with Gasteiger partial charge in [-0.3, -0.25) is 4.98 Å². The highest BCUT2D eigenvalue weighted by atomic mass is 16.5. The molecular weight excluding hydrogens is 236 g/mol. The summed E-state index contributed by atoms with van der Waals surface area (Å²) in [5.74, 6) is 0.725. The van der Waals surface area contributed by atoms with Gasteiger partial charge >= 0.3 is 0 Å². The fourth-order valence-electron chi connectivity index (χ4n) is 2.61. The number of pyridine rings is 1. The summed E-state index contributed by atoms with van der Waals surface area (Å²) in [6.07, 6.45) is 4.30. The average Bonchev–Trinajstić information content (AvgIpc) is 2.48. The molecule has 2 aromatic rings. The Hall–Kier alpha value is -1.45. The van der Waals surface area contributed by atoms with Crippen molar-refractivity contribution < 1.29 is 4.74 Å². The van der Waals surface area contributed by atoms with Crippen molar-refractivity contribution in [3.63, 3.8) is 0 Å². The van der Waals surface area contributed by atoms with Crippen LogP contribution in [0.3, 0.4) is 0 Å². The first-order valence-electron chi connectivity index (χ1n) is 7.04. The predicted molar refractivity (Wildman–Crippen MR) is 77.0 cm³/mol. The van der Waals surface area contributed by atoms with Gasteiger partial charge in [-0.05, 0) is 55.6 Å². The van der Waals surface area contributed by atoms with Gasteiger partial charge in [-0.2, -0.15) is 0 Å². The topological polar surface area (TPSA) is 34.1 Å². The summed E-state index contributed by atoms with van der Waals surface area (Å²) in [5, 5.41) is 4.57. The first-order valence-corrected chi connectivity index (χ1v) is 7.04. The number of nitrogens with zero attached hydrogens (tertiary/aromatic N) is 1. The van der Waals surface area contributed by atoms with E-state index >= 15 is 0 Å². The number of nitrogens with one attached hydrogen (secondary N) is 1. The van der Waals surface area contributed by atoms with Crippen LogP contribution in [0.2, 0.25) is 0 Å². The Kier molecular flexibility index (Phi) is 4.06. The highest BCUT2D eigenvalue weighted by Gasteiger charge is 2.12. The standard InChI is InChI=1S/C16H20N2O/c1-2-15-10-14(3-4-16(15)18-7-1)12-19-11-13-5-8-17-9-6-13/h1-4,7,10,13,17H,5-6,8-9,11-12H2. The quantitative estimate of drug-likeness (QED) is 0.913. The van der Waals surface area contributed by atoms with Crippen LogP contribution in [-0.2, 0) is 11.3 Å². The molecule has 100 valence electrons.